The van der Waals surface area contributed by atoms with E-state index in [9.17, 15) is 9.90 Å². The number of nitrogens with zero attached hydrogens (tertiary/aromatic N) is 2. The van der Waals surface area contributed by atoms with Gasteiger partial charge in [0.2, 0.25) is 0 Å². The molecule has 1 aromatic carbocycles. The van der Waals surface area contributed by atoms with E-state index in [1.54, 1.807) is 35.5 Å². The van der Waals surface area contributed by atoms with Crippen molar-refractivity contribution in [3.63, 3.8) is 0 Å². The summed E-state index contributed by atoms with van der Waals surface area (Å²) in [6.45, 7) is 5.61. The molecule has 140 valence electrons. The quantitative estimate of drug-likeness (QED) is 0.707. The van der Waals surface area contributed by atoms with Crippen molar-refractivity contribution in [1.82, 2.24) is 9.88 Å². The maximum atomic E-state index is 12.7. The molecule has 0 aliphatic carbocycles. The van der Waals surface area contributed by atoms with Crippen LogP contribution in [0.3, 0.4) is 0 Å². The lowest BCUT2D eigenvalue weighted by Gasteiger charge is -2.22. The fourth-order valence-corrected chi connectivity index (χ4v) is 2.56. The minimum Gasteiger partial charge on any atom is -0.490 e. The first kappa shape index (κ1) is 19.7. The summed E-state index contributed by atoms with van der Waals surface area (Å²) in [6.07, 6.45) is 4.26. The Morgan fingerprint density at radius 2 is 1.85 bits per heavy atom. The average molecular weight is 358 g/mol. The lowest BCUT2D eigenvalue weighted by molar-refractivity contribution is 0.0721. The molecule has 1 heterocycles. The number of aliphatic hydroxyl groups excluding tert-OH is 1. The Labute approximate surface area is 154 Å². The van der Waals surface area contributed by atoms with Crippen molar-refractivity contribution in [3.8, 4) is 11.5 Å². The average Bonchev–Trinajstić information content (AvgIpc) is 2.67. The molecule has 0 aliphatic rings. The van der Waals surface area contributed by atoms with Crippen LogP contribution >= 0.6 is 0 Å². The van der Waals surface area contributed by atoms with Gasteiger partial charge in [0.1, 0.15) is 6.61 Å². The van der Waals surface area contributed by atoms with Gasteiger partial charge in [0.15, 0.2) is 11.5 Å². The van der Waals surface area contributed by atoms with Crippen LogP contribution in [0.5, 0.6) is 11.5 Å². The second kappa shape index (κ2) is 10.4. The number of pyridine rings is 1. The molecule has 6 nitrogen and oxygen atoms in total. The molecule has 0 radical (unpaired) electrons. The van der Waals surface area contributed by atoms with E-state index in [0.29, 0.717) is 43.4 Å². The second-order valence-corrected chi connectivity index (χ2v) is 5.75. The summed E-state index contributed by atoms with van der Waals surface area (Å²) in [5.41, 5.74) is 1.52. The van der Waals surface area contributed by atoms with Crippen molar-refractivity contribution in [2.45, 2.75) is 26.9 Å². The predicted molar refractivity (Wildman–Crippen MR) is 99.5 cm³/mol. The van der Waals surface area contributed by atoms with Crippen LogP contribution < -0.4 is 9.47 Å². The lowest BCUT2D eigenvalue weighted by Crippen LogP contribution is -2.34. The highest BCUT2D eigenvalue weighted by atomic mass is 16.5. The summed E-state index contributed by atoms with van der Waals surface area (Å²) >= 11 is 0. The van der Waals surface area contributed by atoms with Gasteiger partial charge in [-0.05, 0) is 49.2 Å². The molecule has 0 saturated carbocycles. The van der Waals surface area contributed by atoms with E-state index in [0.717, 1.165) is 12.0 Å². The largest absolute Gasteiger partial charge is 0.490 e. The zero-order valence-electron chi connectivity index (χ0n) is 15.4. The Kier molecular flexibility index (Phi) is 7.89. The second-order valence-electron chi connectivity index (χ2n) is 5.75. The van der Waals surface area contributed by atoms with E-state index in [4.69, 9.17) is 9.47 Å². The number of amides is 1. The highest BCUT2D eigenvalue weighted by Crippen LogP contribution is 2.29. The molecular weight excluding hydrogens is 332 g/mol. The molecule has 2 rings (SSSR count). The van der Waals surface area contributed by atoms with Gasteiger partial charge in [-0.1, -0.05) is 6.92 Å². The Bertz CT molecular complexity index is 685. The van der Waals surface area contributed by atoms with E-state index >= 15 is 0 Å². The summed E-state index contributed by atoms with van der Waals surface area (Å²) in [4.78, 5) is 18.3. The SMILES string of the molecule is CCCN(CCO)C(=O)c1ccc(OCc2ccncc2)c(OCC)c1. The van der Waals surface area contributed by atoms with E-state index in [1.807, 2.05) is 26.0 Å². The normalized spacial score (nSPS) is 10.4. The molecule has 0 bridgehead atoms. The van der Waals surface area contributed by atoms with E-state index in [2.05, 4.69) is 4.98 Å². The van der Waals surface area contributed by atoms with Gasteiger partial charge in [0, 0.05) is 31.0 Å². The summed E-state index contributed by atoms with van der Waals surface area (Å²) in [6, 6.07) is 8.95. The van der Waals surface area contributed by atoms with Crippen molar-refractivity contribution >= 4 is 5.91 Å². The number of hydrogen-bond acceptors (Lipinski definition) is 5. The first-order chi connectivity index (χ1) is 12.7. The molecule has 0 spiro atoms. The van der Waals surface area contributed by atoms with Crippen LogP contribution in [0.15, 0.2) is 42.7 Å². The van der Waals surface area contributed by atoms with Gasteiger partial charge in [-0.25, -0.2) is 0 Å². The lowest BCUT2D eigenvalue weighted by atomic mass is 10.1. The Hall–Kier alpha value is -2.60. The van der Waals surface area contributed by atoms with Crippen LogP contribution in [0.4, 0.5) is 0 Å². The molecule has 2 aromatic rings. The van der Waals surface area contributed by atoms with Gasteiger partial charge < -0.3 is 19.5 Å². The summed E-state index contributed by atoms with van der Waals surface area (Å²) in [5.74, 6) is 1.000. The molecule has 1 amide bonds. The third-order valence-corrected chi connectivity index (χ3v) is 3.78. The fraction of sp³-hybridized carbons (Fsp3) is 0.400. The monoisotopic (exact) mass is 358 g/mol. The number of rotatable bonds is 10. The van der Waals surface area contributed by atoms with Gasteiger partial charge >= 0.3 is 0 Å². The van der Waals surface area contributed by atoms with Gasteiger partial charge in [0.25, 0.3) is 5.91 Å². The molecular formula is C20H26N2O4. The zero-order valence-corrected chi connectivity index (χ0v) is 15.4. The number of hydrogen-bond donors (Lipinski definition) is 1. The van der Waals surface area contributed by atoms with Gasteiger partial charge in [-0.2, -0.15) is 0 Å². The van der Waals surface area contributed by atoms with Gasteiger partial charge in [-0.3, -0.25) is 9.78 Å². The van der Waals surface area contributed by atoms with E-state index in [1.165, 1.54) is 0 Å². The van der Waals surface area contributed by atoms with Gasteiger partial charge in [-0.15, -0.1) is 0 Å². The van der Waals surface area contributed by atoms with Crippen molar-refractivity contribution in [2.75, 3.05) is 26.3 Å². The third kappa shape index (κ3) is 5.46. The Morgan fingerprint density at radius 3 is 2.50 bits per heavy atom. The van der Waals surface area contributed by atoms with E-state index in [-0.39, 0.29) is 12.5 Å². The minimum absolute atomic E-state index is 0.0583. The molecule has 0 atom stereocenters. The molecule has 1 N–H and O–H groups in total. The topological polar surface area (TPSA) is 71.9 Å². The molecule has 0 aliphatic heterocycles. The van der Waals surface area contributed by atoms with Crippen LogP contribution in [-0.2, 0) is 6.61 Å². The molecule has 0 fully saturated rings. The number of aliphatic hydroxyl groups is 1. The fourth-order valence-electron chi connectivity index (χ4n) is 2.56. The summed E-state index contributed by atoms with van der Waals surface area (Å²) < 4.78 is 11.5. The molecule has 26 heavy (non-hydrogen) atoms. The van der Waals surface area contributed by atoms with E-state index < -0.39 is 0 Å². The number of carbonyl (C=O) groups is 1. The predicted octanol–water partition coefficient (Wildman–Crippen LogP) is 2.90. The Morgan fingerprint density at radius 1 is 1.08 bits per heavy atom. The van der Waals surface area contributed by atoms with Crippen LogP contribution in [0.2, 0.25) is 0 Å². The third-order valence-electron chi connectivity index (χ3n) is 3.78. The summed E-state index contributed by atoms with van der Waals surface area (Å²) in [5, 5.41) is 9.18. The summed E-state index contributed by atoms with van der Waals surface area (Å²) in [7, 11) is 0. The van der Waals surface area contributed by atoms with Crippen molar-refractivity contribution < 1.29 is 19.4 Å². The van der Waals surface area contributed by atoms with Gasteiger partial charge in [0.05, 0.1) is 13.2 Å². The molecule has 6 heteroatoms. The van der Waals surface area contributed by atoms with Crippen molar-refractivity contribution in [3.05, 3.63) is 53.9 Å². The maximum absolute atomic E-state index is 12.7. The number of benzene rings is 1. The van der Waals surface area contributed by atoms with Crippen LogP contribution in [0.1, 0.15) is 36.2 Å². The maximum Gasteiger partial charge on any atom is 0.254 e. The minimum atomic E-state index is -0.123. The van der Waals surface area contributed by atoms with Crippen LogP contribution in [0, 0.1) is 0 Å². The number of carbonyl (C=O) groups excluding carboxylic acids is 1. The first-order valence-electron chi connectivity index (χ1n) is 8.88. The molecule has 1 aromatic heterocycles. The smallest absolute Gasteiger partial charge is 0.254 e. The van der Waals surface area contributed by atoms with Crippen LogP contribution in [-0.4, -0.2) is 47.2 Å². The zero-order chi connectivity index (χ0) is 18.8. The first-order valence-corrected chi connectivity index (χ1v) is 8.88. The molecule has 0 saturated heterocycles. The highest BCUT2D eigenvalue weighted by Gasteiger charge is 2.17. The standard InChI is InChI=1S/C20H26N2O4/c1-3-11-22(12-13-23)20(24)17-5-6-18(19(14-17)25-4-2)26-15-16-7-9-21-10-8-16/h5-10,14,23H,3-4,11-13,15H2,1-2H3. The molecule has 0 unspecified atom stereocenters. The number of aromatic nitrogens is 1. The Balaban J connectivity index is 2.17. The van der Waals surface area contributed by atoms with Crippen molar-refractivity contribution in [1.29, 1.82) is 0 Å². The highest BCUT2D eigenvalue weighted by molar-refractivity contribution is 5.95. The van der Waals surface area contributed by atoms with Crippen LogP contribution in [0.25, 0.3) is 0 Å². The number of ether oxygens (including phenoxy) is 2. The van der Waals surface area contributed by atoms with Crippen molar-refractivity contribution in [2.24, 2.45) is 0 Å².